The van der Waals surface area contributed by atoms with Crippen molar-refractivity contribution in [1.29, 1.82) is 0 Å². The first-order valence-electron chi connectivity index (χ1n) is 12.2. The summed E-state index contributed by atoms with van der Waals surface area (Å²) in [5.74, 6) is 0.997. The second-order valence-electron chi connectivity index (χ2n) is 8.25. The Balaban J connectivity index is 1.67. The molecule has 0 aromatic heterocycles. The Morgan fingerprint density at radius 1 is 0.464 bits per heavy atom. The maximum atomic E-state index is 8.74. The van der Waals surface area contributed by atoms with Crippen molar-refractivity contribution in [2.45, 2.75) is 116 Å². The molecule has 0 aliphatic rings. The molecule has 0 aliphatic carbocycles. The third-order valence-electron chi connectivity index (χ3n) is 5.56. The molecule has 0 saturated heterocycles. The standard InChI is InChI=1S/C26H46O2/c27-24-20-15-13-11-9-7-5-3-1-2-4-6-8-10-12-14-16-21-25-28-26-22-18-17-19-23-26/h17-19,22-23,27H,1-16,20-21,24-25H2. The lowest BCUT2D eigenvalue weighted by Crippen LogP contribution is -1.96. The number of para-hydroxylation sites is 1. The van der Waals surface area contributed by atoms with Crippen molar-refractivity contribution in [2.75, 3.05) is 13.2 Å². The van der Waals surface area contributed by atoms with Crippen LogP contribution in [0.15, 0.2) is 30.3 Å². The van der Waals surface area contributed by atoms with Crippen molar-refractivity contribution >= 4 is 0 Å². The second-order valence-corrected chi connectivity index (χ2v) is 8.25. The minimum Gasteiger partial charge on any atom is -0.494 e. The Morgan fingerprint density at radius 3 is 1.21 bits per heavy atom. The zero-order chi connectivity index (χ0) is 20.0. The van der Waals surface area contributed by atoms with Gasteiger partial charge in [0.25, 0.3) is 0 Å². The molecule has 1 aromatic rings. The number of hydrogen-bond acceptors (Lipinski definition) is 2. The van der Waals surface area contributed by atoms with E-state index in [1.807, 2.05) is 30.3 Å². The number of rotatable bonds is 21. The molecule has 1 aromatic carbocycles. The van der Waals surface area contributed by atoms with Crippen molar-refractivity contribution in [3.63, 3.8) is 0 Å². The third kappa shape index (κ3) is 17.1. The van der Waals surface area contributed by atoms with Gasteiger partial charge in [0.1, 0.15) is 5.75 Å². The van der Waals surface area contributed by atoms with Gasteiger partial charge in [0.15, 0.2) is 0 Å². The van der Waals surface area contributed by atoms with Crippen molar-refractivity contribution < 1.29 is 9.84 Å². The summed E-state index contributed by atoms with van der Waals surface area (Å²) in [6.07, 6.45) is 24.3. The molecular formula is C26H46O2. The first-order chi connectivity index (χ1) is 13.9. The summed E-state index contributed by atoms with van der Waals surface area (Å²) in [7, 11) is 0. The fourth-order valence-corrected chi connectivity index (χ4v) is 3.75. The van der Waals surface area contributed by atoms with Crippen LogP contribution in [0.5, 0.6) is 5.75 Å². The maximum Gasteiger partial charge on any atom is 0.119 e. The fourth-order valence-electron chi connectivity index (χ4n) is 3.75. The summed E-state index contributed by atoms with van der Waals surface area (Å²) in [6, 6.07) is 10.1. The highest BCUT2D eigenvalue weighted by Gasteiger charge is 1.96. The molecular weight excluding hydrogens is 344 g/mol. The van der Waals surface area contributed by atoms with Gasteiger partial charge in [0.05, 0.1) is 6.61 Å². The van der Waals surface area contributed by atoms with Crippen molar-refractivity contribution in [2.24, 2.45) is 0 Å². The lowest BCUT2D eigenvalue weighted by molar-refractivity contribution is 0.282. The highest BCUT2D eigenvalue weighted by atomic mass is 16.5. The minimum atomic E-state index is 0.366. The molecule has 162 valence electrons. The average molecular weight is 391 g/mol. The van der Waals surface area contributed by atoms with E-state index in [2.05, 4.69) is 0 Å². The lowest BCUT2D eigenvalue weighted by atomic mass is 10.0. The molecule has 0 spiro atoms. The molecule has 28 heavy (non-hydrogen) atoms. The fraction of sp³-hybridized carbons (Fsp3) is 0.769. The van der Waals surface area contributed by atoms with Gasteiger partial charge < -0.3 is 9.84 Å². The van der Waals surface area contributed by atoms with Crippen LogP contribution in [0.4, 0.5) is 0 Å². The third-order valence-corrected chi connectivity index (χ3v) is 5.56. The molecule has 0 fully saturated rings. The Labute approximate surface area is 175 Å². The first-order valence-corrected chi connectivity index (χ1v) is 12.2. The van der Waals surface area contributed by atoms with E-state index < -0.39 is 0 Å². The van der Waals surface area contributed by atoms with Crippen LogP contribution >= 0.6 is 0 Å². The highest BCUT2D eigenvalue weighted by molar-refractivity contribution is 5.20. The molecule has 1 rings (SSSR count). The molecule has 2 nitrogen and oxygen atoms in total. The Bertz CT molecular complexity index is 404. The molecule has 0 bridgehead atoms. The Morgan fingerprint density at radius 2 is 0.821 bits per heavy atom. The topological polar surface area (TPSA) is 29.5 Å². The van der Waals surface area contributed by atoms with E-state index in [9.17, 15) is 0 Å². The molecule has 1 N–H and O–H groups in total. The largest absolute Gasteiger partial charge is 0.494 e. The number of benzene rings is 1. The van der Waals surface area contributed by atoms with Crippen molar-refractivity contribution in [1.82, 2.24) is 0 Å². The van der Waals surface area contributed by atoms with E-state index in [0.29, 0.717) is 6.61 Å². The van der Waals surface area contributed by atoms with Gasteiger partial charge in [-0.05, 0) is 25.0 Å². The maximum absolute atomic E-state index is 8.74. The number of ether oxygens (including phenoxy) is 1. The predicted molar refractivity (Wildman–Crippen MR) is 122 cm³/mol. The summed E-state index contributed by atoms with van der Waals surface area (Å²) in [5.41, 5.74) is 0. The number of aliphatic hydroxyl groups excluding tert-OH is 1. The molecule has 0 radical (unpaired) electrons. The minimum absolute atomic E-state index is 0.366. The molecule has 0 saturated carbocycles. The first kappa shape index (κ1) is 25.0. The molecule has 0 atom stereocenters. The normalized spacial score (nSPS) is 11.0. The number of unbranched alkanes of at least 4 members (excludes halogenated alkanes) is 17. The Hall–Kier alpha value is -1.02. The summed E-state index contributed by atoms with van der Waals surface area (Å²) in [4.78, 5) is 0. The van der Waals surface area contributed by atoms with Crippen LogP contribution < -0.4 is 4.74 Å². The van der Waals surface area contributed by atoms with E-state index in [1.54, 1.807) is 0 Å². The van der Waals surface area contributed by atoms with Crippen molar-refractivity contribution in [3.05, 3.63) is 30.3 Å². The SMILES string of the molecule is OCCCCCCCCCCCCCCCCCCCCOc1ccccc1. The summed E-state index contributed by atoms with van der Waals surface area (Å²) < 4.78 is 5.73. The molecule has 0 aliphatic heterocycles. The van der Waals surface area contributed by atoms with Crippen LogP contribution in [0, 0.1) is 0 Å². The van der Waals surface area contributed by atoms with Crippen LogP contribution in [-0.2, 0) is 0 Å². The van der Waals surface area contributed by atoms with Gasteiger partial charge in [-0.1, -0.05) is 121 Å². The van der Waals surface area contributed by atoms with E-state index >= 15 is 0 Å². The van der Waals surface area contributed by atoms with Gasteiger partial charge in [-0.2, -0.15) is 0 Å². The second kappa shape index (κ2) is 20.7. The van der Waals surface area contributed by atoms with E-state index in [-0.39, 0.29) is 0 Å². The van der Waals surface area contributed by atoms with Crippen LogP contribution in [0.25, 0.3) is 0 Å². The summed E-state index contributed by atoms with van der Waals surface area (Å²) >= 11 is 0. The lowest BCUT2D eigenvalue weighted by Gasteiger charge is -2.06. The van der Waals surface area contributed by atoms with Gasteiger partial charge in [0, 0.05) is 6.61 Å². The predicted octanol–water partition coefficient (Wildman–Crippen LogP) is 8.08. The van der Waals surface area contributed by atoms with E-state index in [0.717, 1.165) is 18.8 Å². The van der Waals surface area contributed by atoms with Crippen LogP contribution in [-0.4, -0.2) is 18.3 Å². The van der Waals surface area contributed by atoms with Gasteiger partial charge in [-0.3, -0.25) is 0 Å². The van der Waals surface area contributed by atoms with Gasteiger partial charge >= 0.3 is 0 Å². The summed E-state index contributed by atoms with van der Waals surface area (Å²) in [5, 5.41) is 8.74. The van der Waals surface area contributed by atoms with Crippen LogP contribution in [0.1, 0.15) is 116 Å². The molecule has 0 unspecified atom stereocenters. The molecule has 2 heteroatoms. The zero-order valence-corrected chi connectivity index (χ0v) is 18.4. The van der Waals surface area contributed by atoms with Gasteiger partial charge in [-0.25, -0.2) is 0 Å². The number of hydrogen-bond donors (Lipinski definition) is 1. The summed E-state index contributed by atoms with van der Waals surface area (Å²) in [6.45, 7) is 1.22. The average Bonchev–Trinajstić information content (AvgIpc) is 2.73. The molecule has 0 heterocycles. The van der Waals surface area contributed by atoms with Gasteiger partial charge in [-0.15, -0.1) is 0 Å². The van der Waals surface area contributed by atoms with Crippen molar-refractivity contribution in [3.8, 4) is 5.75 Å². The van der Waals surface area contributed by atoms with E-state index in [4.69, 9.17) is 9.84 Å². The van der Waals surface area contributed by atoms with Crippen LogP contribution in [0.3, 0.4) is 0 Å². The Kier molecular flexibility index (Phi) is 18.5. The monoisotopic (exact) mass is 390 g/mol. The van der Waals surface area contributed by atoms with E-state index in [1.165, 1.54) is 109 Å². The zero-order valence-electron chi connectivity index (χ0n) is 18.4. The quantitative estimate of drug-likeness (QED) is 0.215. The highest BCUT2D eigenvalue weighted by Crippen LogP contribution is 2.14. The number of aliphatic hydroxyl groups is 1. The van der Waals surface area contributed by atoms with Crippen LogP contribution in [0.2, 0.25) is 0 Å². The smallest absolute Gasteiger partial charge is 0.119 e. The van der Waals surface area contributed by atoms with Gasteiger partial charge in [0.2, 0.25) is 0 Å². The molecule has 0 amide bonds.